The SMILES string of the molecule is CCCCOCCOc1cccc(C=O)c1. The third-order valence-electron chi connectivity index (χ3n) is 2.13. The minimum absolute atomic E-state index is 0.520. The van der Waals surface area contributed by atoms with Crippen molar-refractivity contribution in [3.05, 3.63) is 29.8 Å². The second-order valence-corrected chi connectivity index (χ2v) is 3.50. The van der Waals surface area contributed by atoms with Gasteiger partial charge in [0.05, 0.1) is 6.61 Å². The van der Waals surface area contributed by atoms with Gasteiger partial charge in [-0.25, -0.2) is 0 Å². The number of rotatable bonds is 8. The third-order valence-corrected chi connectivity index (χ3v) is 2.13. The Hall–Kier alpha value is -1.35. The van der Waals surface area contributed by atoms with Gasteiger partial charge in [0.2, 0.25) is 0 Å². The highest BCUT2D eigenvalue weighted by Crippen LogP contribution is 2.11. The molecule has 0 saturated carbocycles. The molecule has 16 heavy (non-hydrogen) atoms. The number of unbranched alkanes of at least 4 members (excludes halogenated alkanes) is 1. The van der Waals surface area contributed by atoms with Gasteiger partial charge in [-0.1, -0.05) is 25.5 Å². The number of ether oxygens (including phenoxy) is 2. The maximum absolute atomic E-state index is 10.5. The molecule has 3 heteroatoms. The summed E-state index contributed by atoms with van der Waals surface area (Å²) in [6.45, 7) is 4.02. The molecule has 3 nitrogen and oxygen atoms in total. The van der Waals surface area contributed by atoms with Gasteiger partial charge in [-0.3, -0.25) is 4.79 Å². The van der Waals surface area contributed by atoms with E-state index in [2.05, 4.69) is 6.92 Å². The number of benzene rings is 1. The monoisotopic (exact) mass is 222 g/mol. The molecule has 0 bridgehead atoms. The van der Waals surface area contributed by atoms with Crippen molar-refractivity contribution in [1.82, 2.24) is 0 Å². The molecule has 0 aliphatic heterocycles. The van der Waals surface area contributed by atoms with Crippen molar-refractivity contribution in [3.63, 3.8) is 0 Å². The molecule has 0 N–H and O–H groups in total. The van der Waals surface area contributed by atoms with Crippen LogP contribution in [0.3, 0.4) is 0 Å². The van der Waals surface area contributed by atoms with Gasteiger partial charge in [-0.05, 0) is 18.6 Å². The minimum Gasteiger partial charge on any atom is -0.491 e. The molecule has 88 valence electrons. The van der Waals surface area contributed by atoms with Gasteiger partial charge in [-0.15, -0.1) is 0 Å². The molecule has 1 aromatic rings. The largest absolute Gasteiger partial charge is 0.491 e. The fourth-order valence-electron chi connectivity index (χ4n) is 1.24. The molecule has 0 unspecified atom stereocenters. The molecule has 0 fully saturated rings. The molecule has 1 rings (SSSR count). The van der Waals surface area contributed by atoms with Crippen molar-refractivity contribution < 1.29 is 14.3 Å². The molecule has 0 amide bonds. The van der Waals surface area contributed by atoms with Crippen LogP contribution in [0.4, 0.5) is 0 Å². The van der Waals surface area contributed by atoms with Crippen LogP contribution in [0, 0.1) is 0 Å². The Morgan fingerprint density at radius 1 is 1.25 bits per heavy atom. The van der Waals surface area contributed by atoms with Gasteiger partial charge in [0, 0.05) is 12.2 Å². The molecule has 0 atom stereocenters. The summed E-state index contributed by atoms with van der Waals surface area (Å²) in [5, 5.41) is 0. The zero-order chi connectivity index (χ0) is 11.6. The highest BCUT2D eigenvalue weighted by atomic mass is 16.5. The van der Waals surface area contributed by atoms with Gasteiger partial charge in [0.25, 0.3) is 0 Å². The zero-order valence-corrected chi connectivity index (χ0v) is 9.65. The van der Waals surface area contributed by atoms with E-state index in [-0.39, 0.29) is 0 Å². The van der Waals surface area contributed by atoms with Crippen LogP contribution in [0.1, 0.15) is 30.1 Å². The summed E-state index contributed by atoms with van der Waals surface area (Å²) in [6, 6.07) is 7.10. The summed E-state index contributed by atoms with van der Waals surface area (Å²) < 4.78 is 10.8. The lowest BCUT2D eigenvalue weighted by Crippen LogP contribution is -2.07. The molecule has 0 radical (unpaired) electrons. The lowest BCUT2D eigenvalue weighted by molar-refractivity contribution is 0.0980. The van der Waals surface area contributed by atoms with Crippen molar-refractivity contribution in [2.24, 2.45) is 0 Å². The summed E-state index contributed by atoms with van der Waals surface area (Å²) in [6.07, 6.45) is 3.04. The third kappa shape index (κ3) is 4.94. The Kier molecular flexibility index (Phi) is 6.26. The molecule has 0 aromatic heterocycles. The van der Waals surface area contributed by atoms with Crippen LogP contribution in [-0.4, -0.2) is 26.1 Å². The maximum Gasteiger partial charge on any atom is 0.150 e. The average Bonchev–Trinajstić information content (AvgIpc) is 2.34. The first-order chi connectivity index (χ1) is 7.86. The van der Waals surface area contributed by atoms with Crippen molar-refractivity contribution in [2.75, 3.05) is 19.8 Å². The number of hydrogen-bond acceptors (Lipinski definition) is 3. The predicted molar refractivity (Wildman–Crippen MR) is 63.1 cm³/mol. The first-order valence-corrected chi connectivity index (χ1v) is 5.62. The van der Waals surface area contributed by atoms with E-state index in [1.165, 1.54) is 0 Å². The van der Waals surface area contributed by atoms with Gasteiger partial charge in [-0.2, -0.15) is 0 Å². The summed E-state index contributed by atoms with van der Waals surface area (Å²) >= 11 is 0. The van der Waals surface area contributed by atoms with Crippen LogP contribution in [0.5, 0.6) is 5.75 Å². The molecule has 1 aromatic carbocycles. The fraction of sp³-hybridized carbons (Fsp3) is 0.462. The van der Waals surface area contributed by atoms with E-state index in [0.29, 0.717) is 24.5 Å². The van der Waals surface area contributed by atoms with E-state index in [9.17, 15) is 4.79 Å². The van der Waals surface area contributed by atoms with Crippen LogP contribution >= 0.6 is 0 Å². The van der Waals surface area contributed by atoms with E-state index >= 15 is 0 Å². The van der Waals surface area contributed by atoms with Gasteiger partial charge < -0.3 is 9.47 Å². The number of hydrogen-bond donors (Lipinski definition) is 0. The molecular formula is C13H18O3. The second kappa shape index (κ2) is 7.88. The summed E-state index contributed by atoms with van der Waals surface area (Å²) in [5.41, 5.74) is 0.629. The molecule has 0 heterocycles. The normalized spacial score (nSPS) is 10.1. The van der Waals surface area contributed by atoms with Crippen LogP contribution in [0.15, 0.2) is 24.3 Å². The van der Waals surface area contributed by atoms with E-state index < -0.39 is 0 Å². The van der Waals surface area contributed by atoms with E-state index in [1.807, 2.05) is 6.07 Å². The second-order valence-electron chi connectivity index (χ2n) is 3.50. The van der Waals surface area contributed by atoms with Crippen LogP contribution in [-0.2, 0) is 4.74 Å². The van der Waals surface area contributed by atoms with Gasteiger partial charge in [0.1, 0.15) is 18.6 Å². The van der Waals surface area contributed by atoms with E-state index in [1.54, 1.807) is 18.2 Å². The van der Waals surface area contributed by atoms with Crippen molar-refractivity contribution in [1.29, 1.82) is 0 Å². The molecule has 0 aliphatic carbocycles. The first-order valence-electron chi connectivity index (χ1n) is 5.62. The number of carbonyl (C=O) groups is 1. The van der Waals surface area contributed by atoms with Gasteiger partial charge in [0.15, 0.2) is 0 Å². The molecular weight excluding hydrogens is 204 g/mol. The van der Waals surface area contributed by atoms with Crippen LogP contribution in [0.2, 0.25) is 0 Å². The molecule has 0 saturated heterocycles. The first kappa shape index (κ1) is 12.7. The molecule has 0 spiro atoms. The topological polar surface area (TPSA) is 35.5 Å². The smallest absolute Gasteiger partial charge is 0.150 e. The van der Waals surface area contributed by atoms with Crippen LogP contribution < -0.4 is 4.74 Å². The number of carbonyl (C=O) groups excluding carboxylic acids is 1. The summed E-state index contributed by atoms with van der Waals surface area (Å²) in [4.78, 5) is 10.5. The summed E-state index contributed by atoms with van der Waals surface area (Å²) in [5.74, 6) is 0.712. The lowest BCUT2D eigenvalue weighted by Gasteiger charge is -2.07. The van der Waals surface area contributed by atoms with Crippen molar-refractivity contribution in [2.45, 2.75) is 19.8 Å². The number of aldehydes is 1. The fourth-order valence-corrected chi connectivity index (χ4v) is 1.24. The Bertz CT molecular complexity index is 310. The highest BCUT2D eigenvalue weighted by molar-refractivity contribution is 5.75. The average molecular weight is 222 g/mol. The Balaban J connectivity index is 2.18. The highest BCUT2D eigenvalue weighted by Gasteiger charge is 1.95. The Morgan fingerprint density at radius 3 is 2.88 bits per heavy atom. The maximum atomic E-state index is 10.5. The minimum atomic E-state index is 0.520. The van der Waals surface area contributed by atoms with E-state index in [4.69, 9.17) is 9.47 Å². The Labute approximate surface area is 96.4 Å². The standard InChI is InChI=1S/C13H18O3/c1-2-3-7-15-8-9-16-13-6-4-5-12(10-13)11-14/h4-6,10-11H,2-3,7-9H2,1H3. The van der Waals surface area contributed by atoms with Crippen molar-refractivity contribution >= 4 is 6.29 Å². The predicted octanol–water partition coefficient (Wildman–Crippen LogP) is 2.69. The summed E-state index contributed by atoms with van der Waals surface area (Å²) in [7, 11) is 0. The molecule has 0 aliphatic rings. The van der Waals surface area contributed by atoms with Crippen LogP contribution in [0.25, 0.3) is 0 Å². The lowest BCUT2D eigenvalue weighted by atomic mass is 10.2. The van der Waals surface area contributed by atoms with Crippen molar-refractivity contribution in [3.8, 4) is 5.75 Å². The van der Waals surface area contributed by atoms with Gasteiger partial charge >= 0.3 is 0 Å². The van der Waals surface area contributed by atoms with E-state index in [0.717, 1.165) is 25.7 Å². The Morgan fingerprint density at radius 2 is 2.12 bits per heavy atom. The quantitative estimate of drug-likeness (QED) is 0.501. The zero-order valence-electron chi connectivity index (χ0n) is 9.65.